The van der Waals surface area contributed by atoms with E-state index in [9.17, 15) is 0 Å². The molecule has 1 unspecified atom stereocenters. The number of para-hydroxylation sites is 1. The first-order chi connectivity index (χ1) is 10.1. The molecule has 0 aliphatic heterocycles. The summed E-state index contributed by atoms with van der Waals surface area (Å²) < 4.78 is 0. The predicted molar refractivity (Wildman–Crippen MR) is 87.6 cm³/mol. The average molecular weight is 283 g/mol. The fraction of sp³-hybridized carbons (Fsp3) is 0.375. The van der Waals surface area contributed by atoms with Gasteiger partial charge in [-0.1, -0.05) is 18.2 Å². The summed E-state index contributed by atoms with van der Waals surface area (Å²) in [6.45, 7) is 6.81. The molecule has 0 spiro atoms. The molecule has 0 aliphatic carbocycles. The quantitative estimate of drug-likeness (QED) is 0.670. The van der Waals surface area contributed by atoms with Gasteiger partial charge in [-0.05, 0) is 32.4 Å². The van der Waals surface area contributed by atoms with E-state index in [1.807, 2.05) is 13.1 Å². The molecule has 1 N–H and O–H groups in total. The van der Waals surface area contributed by atoms with Crippen molar-refractivity contribution in [2.75, 3.05) is 18.5 Å². The maximum atomic E-state index is 6.99. The molecule has 2 rings (SSSR count). The van der Waals surface area contributed by atoms with Crippen molar-refractivity contribution in [2.45, 2.75) is 26.9 Å². The number of nitrogens with zero attached hydrogens (tertiary/aromatic N) is 4. The normalized spacial score (nSPS) is 12.8. The smallest absolute Gasteiger partial charge is 0.157 e. The van der Waals surface area contributed by atoms with Gasteiger partial charge in [0.05, 0.1) is 5.52 Å². The molecule has 0 amide bonds. The van der Waals surface area contributed by atoms with Crippen molar-refractivity contribution >= 4 is 22.9 Å². The molecule has 5 nitrogen and oxygen atoms in total. The predicted octanol–water partition coefficient (Wildman–Crippen LogP) is 3.80. The van der Waals surface area contributed by atoms with Crippen LogP contribution >= 0.6 is 0 Å². The van der Waals surface area contributed by atoms with E-state index in [1.54, 1.807) is 13.1 Å². The lowest BCUT2D eigenvalue weighted by molar-refractivity contribution is 0.721. The first-order valence-electron chi connectivity index (χ1n) is 7.08. The Hall–Kier alpha value is -2.30. The van der Waals surface area contributed by atoms with Crippen molar-refractivity contribution in [2.24, 2.45) is 10.1 Å². The number of aromatic nitrogens is 1. The van der Waals surface area contributed by atoms with Gasteiger partial charge in [-0.3, -0.25) is 4.99 Å². The van der Waals surface area contributed by atoms with Gasteiger partial charge in [-0.2, -0.15) is 5.11 Å². The topological polar surface area (TPSA) is 64.7 Å². The van der Waals surface area contributed by atoms with Gasteiger partial charge in [0.2, 0.25) is 0 Å². The van der Waals surface area contributed by atoms with Gasteiger partial charge in [-0.15, -0.1) is 0 Å². The SMILES string of the molecule is CCN(C)c1nc2c(C)cccc2cc1C=NC(C)N=N. The van der Waals surface area contributed by atoms with E-state index in [-0.39, 0.29) is 6.17 Å². The third-order valence-corrected chi connectivity index (χ3v) is 3.51. The molecule has 0 radical (unpaired) electrons. The lowest BCUT2D eigenvalue weighted by atomic mass is 10.1. The number of aryl methyl sites for hydroxylation is 1. The Morgan fingerprint density at radius 2 is 2.19 bits per heavy atom. The van der Waals surface area contributed by atoms with Crippen LogP contribution in [-0.2, 0) is 0 Å². The number of fused-ring (bicyclic) bond motifs is 1. The lowest BCUT2D eigenvalue weighted by Crippen LogP contribution is -2.19. The van der Waals surface area contributed by atoms with E-state index in [2.05, 4.69) is 47.1 Å². The molecule has 5 heteroatoms. The number of rotatable bonds is 5. The Morgan fingerprint density at radius 1 is 1.43 bits per heavy atom. The number of aliphatic imine (C=N–C) groups is 1. The van der Waals surface area contributed by atoms with Crippen molar-refractivity contribution < 1.29 is 0 Å². The van der Waals surface area contributed by atoms with Crippen LogP contribution in [0.15, 0.2) is 34.4 Å². The molecule has 0 fully saturated rings. The highest BCUT2D eigenvalue weighted by Gasteiger charge is 2.10. The van der Waals surface area contributed by atoms with Gasteiger partial charge in [0, 0.05) is 30.8 Å². The first-order valence-corrected chi connectivity index (χ1v) is 7.08. The van der Waals surface area contributed by atoms with E-state index in [0.29, 0.717) is 0 Å². The zero-order valence-electron chi connectivity index (χ0n) is 13.0. The van der Waals surface area contributed by atoms with E-state index >= 15 is 0 Å². The third-order valence-electron chi connectivity index (χ3n) is 3.51. The zero-order chi connectivity index (χ0) is 15.4. The second-order valence-corrected chi connectivity index (χ2v) is 5.10. The number of hydrogen-bond acceptors (Lipinski definition) is 5. The average Bonchev–Trinajstić information content (AvgIpc) is 2.51. The highest BCUT2D eigenvalue weighted by atomic mass is 15.2. The van der Waals surface area contributed by atoms with Crippen molar-refractivity contribution in [1.82, 2.24) is 4.98 Å². The summed E-state index contributed by atoms with van der Waals surface area (Å²) in [5.41, 5.74) is 10.1. The standard InChI is InChI=1S/C16H21N5/c1-5-21(4)16-14(10-18-12(3)20-17)9-13-8-6-7-11(2)15(13)19-16/h6-10,12,17H,5H2,1-4H3. The molecular formula is C16H21N5. The maximum absolute atomic E-state index is 6.99. The van der Waals surface area contributed by atoms with Crippen LogP contribution in [0.25, 0.3) is 10.9 Å². The Kier molecular flexibility index (Phi) is 4.62. The van der Waals surface area contributed by atoms with Crippen LogP contribution < -0.4 is 4.90 Å². The molecule has 1 atom stereocenters. The van der Waals surface area contributed by atoms with Crippen molar-refractivity contribution in [1.29, 1.82) is 5.53 Å². The minimum atomic E-state index is -0.363. The number of benzene rings is 1. The van der Waals surface area contributed by atoms with Gasteiger partial charge < -0.3 is 4.90 Å². The van der Waals surface area contributed by atoms with E-state index in [0.717, 1.165) is 34.4 Å². The molecule has 1 heterocycles. The second-order valence-electron chi connectivity index (χ2n) is 5.10. The summed E-state index contributed by atoms with van der Waals surface area (Å²) in [6, 6.07) is 8.25. The van der Waals surface area contributed by atoms with Crippen LogP contribution in [0.5, 0.6) is 0 Å². The molecule has 0 saturated carbocycles. The maximum Gasteiger partial charge on any atom is 0.157 e. The summed E-state index contributed by atoms with van der Waals surface area (Å²) in [5.74, 6) is 0.903. The molecular weight excluding hydrogens is 262 g/mol. The summed E-state index contributed by atoms with van der Waals surface area (Å²) in [5, 5.41) is 4.49. The highest BCUT2D eigenvalue weighted by molar-refractivity contribution is 5.94. The fourth-order valence-corrected chi connectivity index (χ4v) is 2.13. The Bertz CT molecular complexity index is 678. The zero-order valence-corrected chi connectivity index (χ0v) is 13.0. The number of pyridine rings is 1. The fourth-order valence-electron chi connectivity index (χ4n) is 2.13. The Balaban J connectivity index is 2.60. The molecule has 1 aromatic carbocycles. The number of hydrogen-bond donors (Lipinski definition) is 1. The van der Waals surface area contributed by atoms with Gasteiger partial charge in [0.1, 0.15) is 5.82 Å². The minimum absolute atomic E-state index is 0.363. The molecule has 1 aromatic heterocycles. The van der Waals surface area contributed by atoms with E-state index in [1.165, 1.54) is 0 Å². The van der Waals surface area contributed by atoms with Crippen LogP contribution in [0.4, 0.5) is 5.82 Å². The van der Waals surface area contributed by atoms with Crippen LogP contribution in [0.2, 0.25) is 0 Å². The van der Waals surface area contributed by atoms with Crippen molar-refractivity contribution in [3.63, 3.8) is 0 Å². The summed E-state index contributed by atoms with van der Waals surface area (Å²) in [6.07, 6.45) is 1.40. The van der Waals surface area contributed by atoms with Gasteiger partial charge in [0.15, 0.2) is 6.17 Å². The highest BCUT2D eigenvalue weighted by Crippen LogP contribution is 2.24. The summed E-state index contributed by atoms with van der Waals surface area (Å²) >= 11 is 0. The molecule has 0 aliphatic rings. The van der Waals surface area contributed by atoms with Crippen LogP contribution in [-0.4, -0.2) is 31.0 Å². The molecule has 2 aromatic rings. The van der Waals surface area contributed by atoms with Gasteiger partial charge >= 0.3 is 0 Å². The number of nitrogens with one attached hydrogen (secondary N) is 1. The van der Waals surface area contributed by atoms with Gasteiger partial charge in [0.25, 0.3) is 0 Å². The summed E-state index contributed by atoms with van der Waals surface area (Å²) in [4.78, 5) is 11.2. The van der Waals surface area contributed by atoms with Crippen molar-refractivity contribution in [3.05, 3.63) is 35.4 Å². The van der Waals surface area contributed by atoms with Gasteiger partial charge in [-0.25, -0.2) is 10.5 Å². The largest absolute Gasteiger partial charge is 0.359 e. The second kappa shape index (κ2) is 6.43. The van der Waals surface area contributed by atoms with Crippen LogP contribution in [0, 0.1) is 12.5 Å². The first kappa shape index (κ1) is 15.1. The molecule has 0 saturated heterocycles. The molecule has 110 valence electrons. The Labute approximate surface area is 125 Å². The molecule has 21 heavy (non-hydrogen) atoms. The third kappa shape index (κ3) is 3.24. The van der Waals surface area contributed by atoms with Crippen LogP contribution in [0.3, 0.4) is 0 Å². The van der Waals surface area contributed by atoms with Crippen molar-refractivity contribution in [3.8, 4) is 0 Å². The lowest BCUT2D eigenvalue weighted by Gasteiger charge is -2.19. The molecule has 0 bridgehead atoms. The Morgan fingerprint density at radius 3 is 2.86 bits per heavy atom. The minimum Gasteiger partial charge on any atom is -0.359 e. The van der Waals surface area contributed by atoms with Crippen LogP contribution in [0.1, 0.15) is 25.0 Å². The van der Waals surface area contributed by atoms with E-state index in [4.69, 9.17) is 10.5 Å². The number of anilines is 1. The van der Waals surface area contributed by atoms with E-state index < -0.39 is 0 Å². The monoisotopic (exact) mass is 283 g/mol. The summed E-state index contributed by atoms with van der Waals surface area (Å²) in [7, 11) is 2.02.